The second-order valence-electron chi connectivity index (χ2n) is 4.27. The molecule has 0 radical (unpaired) electrons. The van der Waals surface area contributed by atoms with E-state index in [2.05, 4.69) is 20.8 Å². The number of carbonyl (C=O) groups excluding carboxylic acids is 1. The van der Waals surface area contributed by atoms with E-state index in [4.69, 9.17) is 4.74 Å². The zero-order valence-corrected chi connectivity index (χ0v) is 7.96. The summed E-state index contributed by atoms with van der Waals surface area (Å²) in [5.41, 5.74) is 0.0572. The minimum atomic E-state index is -0.201. The molecule has 0 N–H and O–H groups in total. The fraction of sp³-hybridized carbons (Fsp3) is 0.700. The molecule has 0 unspecified atom stereocenters. The first-order valence-corrected chi connectivity index (χ1v) is 4.37. The van der Waals surface area contributed by atoms with E-state index in [0.29, 0.717) is 0 Å². The van der Waals surface area contributed by atoms with Crippen molar-refractivity contribution in [3.05, 3.63) is 12.2 Å². The molecule has 1 atom stereocenters. The van der Waals surface area contributed by atoms with Crippen molar-refractivity contribution >= 4 is 5.97 Å². The Morgan fingerprint density at radius 1 is 1.50 bits per heavy atom. The van der Waals surface area contributed by atoms with Gasteiger partial charge in [-0.05, 0) is 18.3 Å². The Morgan fingerprint density at radius 2 is 2.17 bits per heavy atom. The molecule has 0 saturated carbocycles. The quantitative estimate of drug-likeness (QED) is 0.519. The molecule has 0 fully saturated rings. The lowest BCUT2D eigenvalue weighted by molar-refractivity contribution is -0.148. The van der Waals surface area contributed by atoms with E-state index in [9.17, 15) is 4.79 Å². The second kappa shape index (κ2) is 3.30. The summed E-state index contributed by atoms with van der Waals surface area (Å²) < 4.78 is 5.25. The molecule has 2 heteroatoms. The van der Waals surface area contributed by atoms with E-state index in [1.165, 1.54) is 6.08 Å². The molecule has 1 heterocycles. The van der Waals surface area contributed by atoms with Crippen molar-refractivity contribution in [1.82, 2.24) is 0 Å². The van der Waals surface area contributed by atoms with Gasteiger partial charge in [0.15, 0.2) is 0 Å². The highest BCUT2D eigenvalue weighted by molar-refractivity contribution is 5.82. The van der Waals surface area contributed by atoms with E-state index < -0.39 is 0 Å². The monoisotopic (exact) mass is 168 g/mol. The summed E-state index contributed by atoms with van der Waals surface area (Å²) in [4.78, 5) is 11.0. The highest BCUT2D eigenvalue weighted by Gasteiger charge is 2.27. The Morgan fingerprint density at radius 3 is 2.75 bits per heavy atom. The van der Waals surface area contributed by atoms with E-state index in [1.807, 2.05) is 6.08 Å². The van der Waals surface area contributed by atoms with Crippen LogP contribution in [0.3, 0.4) is 0 Å². The maximum Gasteiger partial charge on any atom is 0.330 e. The lowest BCUT2D eigenvalue weighted by Gasteiger charge is -2.28. The molecule has 0 saturated heterocycles. The Labute approximate surface area is 73.6 Å². The van der Waals surface area contributed by atoms with Crippen LogP contribution in [0.4, 0.5) is 0 Å². The number of allylic oxidation sites excluding steroid dienone is 1. The van der Waals surface area contributed by atoms with Gasteiger partial charge in [0, 0.05) is 6.08 Å². The zero-order valence-electron chi connectivity index (χ0n) is 7.96. The van der Waals surface area contributed by atoms with Crippen molar-refractivity contribution in [3.8, 4) is 0 Å². The third kappa shape index (κ3) is 2.36. The molecule has 68 valence electrons. The average molecular weight is 168 g/mol. The SMILES string of the molecule is CC(C)(C)[C@@H]1CCC=CC(=O)O1. The standard InChI is InChI=1S/C10H16O2/c1-10(2,3)8-6-4-5-7-9(11)12-8/h5,7-8H,4,6H2,1-3H3/t8-/m0/s1. The molecule has 0 aromatic heterocycles. The van der Waals surface area contributed by atoms with E-state index in [1.54, 1.807) is 0 Å². The number of esters is 1. The maximum atomic E-state index is 11.0. The normalized spacial score (nSPS) is 24.9. The minimum absolute atomic E-state index is 0.0556. The van der Waals surface area contributed by atoms with Crippen molar-refractivity contribution in [3.63, 3.8) is 0 Å². The van der Waals surface area contributed by atoms with Crippen LogP contribution in [0, 0.1) is 5.41 Å². The Balaban J connectivity index is 2.64. The number of hydrogen-bond acceptors (Lipinski definition) is 2. The molecule has 1 rings (SSSR count). The first kappa shape index (κ1) is 9.30. The van der Waals surface area contributed by atoms with Gasteiger partial charge >= 0.3 is 5.97 Å². The molecule has 0 aliphatic carbocycles. The van der Waals surface area contributed by atoms with Crippen LogP contribution in [0.15, 0.2) is 12.2 Å². The molecule has 0 aromatic carbocycles. The Hall–Kier alpha value is -0.790. The van der Waals surface area contributed by atoms with E-state index >= 15 is 0 Å². The second-order valence-corrected chi connectivity index (χ2v) is 4.27. The van der Waals surface area contributed by atoms with Gasteiger partial charge in [-0.15, -0.1) is 0 Å². The summed E-state index contributed by atoms with van der Waals surface area (Å²) in [6.07, 6.45) is 5.33. The molecule has 1 aliphatic heterocycles. The number of hydrogen-bond donors (Lipinski definition) is 0. The first-order chi connectivity index (χ1) is 5.50. The van der Waals surface area contributed by atoms with Crippen molar-refractivity contribution < 1.29 is 9.53 Å². The summed E-state index contributed by atoms with van der Waals surface area (Å²) in [5, 5.41) is 0. The van der Waals surface area contributed by atoms with Crippen molar-refractivity contribution in [2.24, 2.45) is 5.41 Å². The summed E-state index contributed by atoms with van der Waals surface area (Å²) >= 11 is 0. The van der Waals surface area contributed by atoms with Gasteiger partial charge in [0.25, 0.3) is 0 Å². The van der Waals surface area contributed by atoms with Crippen molar-refractivity contribution in [2.75, 3.05) is 0 Å². The van der Waals surface area contributed by atoms with Gasteiger partial charge in [-0.1, -0.05) is 26.8 Å². The Kier molecular flexibility index (Phi) is 2.55. The molecule has 2 nitrogen and oxygen atoms in total. The van der Waals surface area contributed by atoms with Gasteiger partial charge in [0.1, 0.15) is 6.10 Å². The summed E-state index contributed by atoms with van der Waals surface area (Å²) in [6, 6.07) is 0. The van der Waals surface area contributed by atoms with Gasteiger partial charge in [0.2, 0.25) is 0 Å². The van der Waals surface area contributed by atoms with E-state index in [-0.39, 0.29) is 17.5 Å². The van der Waals surface area contributed by atoms with Gasteiger partial charge in [-0.3, -0.25) is 0 Å². The number of cyclic esters (lactones) is 1. The zero-order chi connectivity index (χ0) is 9.19. The van der Waals surface area contributed by atoms with Crippen LogP contribution in [0.25, 0.3) is 0 Å². The minimum Gasteiger partial charge on any atom is -0.459 e. The molecule has 0 amide bonds. The lowest BCUT2D eigenvalue weighted by Crippen LogP contribution is -2.30. The topological polar surface area (TPSA) is 26.3 Å². The van der Waals surface area contributed by atoms with Crippen LogP contribution in [0.5, 0.6) is 0 Å². The summed E-state index contributed by atoms with van der Waals surface area (Å²) in [7, 11) is 0. The molecule has 0 spiro atoms. The molecular weight excluding hydrogens is 152 g/mol. The largest absolute Gasteiger partial charge is 0.459 e. The van der Waals surface area contributed by atoms with Crippen LogP contribution in [-0.2, 0) is 9.53 Å². The molecule has 1 aliphatic rings. The van der Waals surface area contributed by atoms with Gasteiger partial charge in [-0.2, -0.15) is 0 Å². The molecule has 0 aromatic rings. The molecule has 12 heavy (non-hydrogen) atoms. The van der Waals surface area contributed by atoms with Crippen molar-refractivity contribution in [2.45, 2.75) is 39.7 Å². The first-order valence-electron chi connectivity index (χ1n) is 4.37. The fourth-order valence-electron chi connectivity index (χ4n) is 1.28. The van der Waals surface area contributed by atoms with Crippen LogP contribution in [0.2, 0.25) is 0 Å². The van der Waals surface area contributed by atoms with Crippen LogP contribution in [0.1, 0.15) is 33.6 Å². The van der Waals surface area contributed by atoms with Crippen LogP contribution >= 0.6 is 0 Å². The predicted octanol–water partition coefficient (Wildman–Crippen LogP) is 2.29. The van der Waals surface area contributed by atoms with Gasteiger partial charge < -0.3 is 4.74 Å². The average Bonchev–Trinajstić information content (AvgIpc) is 2.11. The van der Waals surface area contributed by atoms with Crippen LogP contribution < -0.4 is 0 Å². The highest BCUT2D eigenvalue weighted by atomic mass is 16.5. The smallest absolute Gasteiger partial charge is 0.330 e. The fourth-order valence-corrected chi connectivity index (χ4v) is 1.28. The highest BCUT2D eigenvalue weighted by Crippen LogP contribution is 2.27. The lowest BCUT2D eigenvalue weighted by atomic mass is 9.86. The summed E-state index contributed by atoms with van der Waals surface area (Å²) in [6.45, 7) is 6.28. The molecular formula is C10H16O2. The third-order valence-corrected chi connectivity index (χ3v) is 2.07. The van der Waals surface area contributed by atoms with E-state index in [0.717, 1.165) is 12.8 Å². The third-order valence-electron chi connectivity index (χ3n) is 2.07. The van der Waals surface area contributed by atoms with Gasteiger partial charge in [0.05, 0.1) is 0 Å². The summed E-state index contributed by atoms with van der Waals surface area (Å²) in [5.74, 6) is -0.201. The molecule has 0 bridgehead atoms. The number of carbonyl (C=O) groups is 1. The van der Waals surface area contributed by atoms with Crippen molar-refractivity contribution in [1.29, 1.82) is 0 Å². The number of rotatable bonds is 0. The maximum absolute atomic E-state index is 11.0. The van der Waals surface area contributed by atoms with Crippen LogP contribution in [-0.4, -0.2) is 12.1 Å². The Bertz CT molecular complexity index is 198. The predicted molar refractivity (Wildman–Crippen MR) is 47.7 cm³/mol. The van der Waals surface area contributed by atoms with Gasteiger partial charge in [-0.25, -0.2) is 4.79 Å². The number of ether oxygens (including phenoxy) is 1.